The molecule has 0 amide bonds. The van der Waals surface area contributed by atoms with Crippen molar-refractivity contribution in [1.82, 2.24) is 4.98 Å². The quantitative estimate of drug-likeness (QED) is 0.582. The van der Waals surface area contributed by atoms with Gasteiger partial charge in [0, 0.05) is 0 Å². The van der Waals surface area contributed by atoms with E-state index in [2.05, 4.69) is 4.98 Å². The van der Waals surface area contributed by atoms with Gasteiger partial charge in [-0.05, 0) is 12.1 Å². The summed E-state index contributed by atoms with van der Waals surface area (Å²) >= 11 is 0. The van der Waals surface area contributed by atoms with Crippen LogP contribution < -0.4 is 0 Å². The second-order valence-electron chi connectivity index (χ2n) is 2.88. The maximum atomic E-state index is 7.33. The molecule has 0 atom stereocenters. The lowest BCUT2D eigenvalue weighted by Crippen LogP contribution is -2.03. The van der Waals surface area contributed by atoms with Crippen molar-refractivity contribution in [1.29, 1.82) is 5.41 Å². The molecule has 4 nitrogen and oxygen atoms in total. The Hall–Kier alpha value is -1.84. The van der Waals surface area contributed by atoms with E-state index in [4.69, 9.17) is 14.6 Å². The Morgan fingerprint density at radius 2 is 2.29 bits per heavy atom. The summed E-state index contributed by atoms with van der Waals surface area (Å²) in [5.41, 5.74) is 1.55. The number of ether oxygens (including phenoxy) is 1. The number of hydrogen-bond donors (Lipinski definition) is 1. The molecule has 1 aromatic carbocycles. The summed E-state index contributed by atoms with van der Waals surface area (Å²) in [6.07, 6.45) is 0.297. The zero-order valence-corrected chi connectivity index (χ0v) is 7.78. The number of aromatic nitrogens is 1. The highest BCUT2D eigenvalue weighted by molar-refractivity contribution is 5.76. The number of benzene rings is 1. The third kappa shape index (κ3) is 1.59. The normalized spacial score (nSPS) is 10.4. The van der Waals surface area contributed by atoms with Gasteiger partial charge in [-0.25, -0.2) is 4.98 Å². The molecule has 0 radical (unpaired) electrons. The number of hydrogen-bond acceptors (Lipinski definition) is 4. The molecule has 2 rings (SSSR count). The second kappa shape index (κ2) is 3.49. The fourth-order valence-corrected chi connectivity index (χ4v) is 1.21. The van der Waals surface area contributed by atoms with Crippen molar-refractivity contribution in [3.63, 3.8) is 0 Å². The Labute approximate surface area is 81.0 Å². The monoisotopic (exact) mass is 190 g/mol. The summed E-state index contributed by atoms with van der Waals surface area (Å²) in [5, 5.41) is 7.33. The zero-order chi connectivity index (χ0) is 9.97. The highest BCUT2D eigenvalue weighted by Crippen LogP contribution is 2.14. The van der Waals surface area contributed by atoms with Crippen LogP contribution in [0.4, 0.5) is 0 Å². The first-order valence-electron chi connectivity index (χ1n) is 4.25. The highest BCUT2D eigenvalue weighted by atomic mass is 16.5. The SMILES string of the molecule is COC(=N)Cc1nc2ccccc2o1. The summed E-state index contributed by atoms with van der Waals surface area (Å²) in [4.78, 5) is 4.21. The van der Waals surface area contributed by atoms with E-state index in [1.165, 1.54) is 7.11 Å². The fourth-order valence-electron chi connectivity index (χ4n) is 1.21. The van der Waals surface area contributed by atoms with Crippen molar-refractivity contribution >= 4 is 17.0 Å². The van der Waals surface area contributed by atoms with Gasteiger partial charge in [-0.2, -0.15) is 0 Å². The van der Waals surface area contributed by atoms with Crippen molar-refractivity contribution in [3.05, 3.63) is 30.2 Å². The Kier molecular flexibility index (Phi) is 2.18. The van der Waals surface area contributed by atoms with E-state index in [1.54, 1.807) is 0 Å². The van der Waals surface area contributed by atoms with Gasteiger partial charge in [-0.15, -0.1) is 0 Å². The van der Waals surface area contributed by atoms with E-state index in [-0.39, 0.29) is 5.90 Å². The van der Waals surface area contributed by atoms with Gasteiger partial charge in [0.15, 0.2) is 11.5 Å². The molecular formula is C10H10N2O2. The van der Waals surface area contributed by atoms with Crippen LogP contribution in [0.5, 0.6) is 0 Å². The Morgan fingerprint density at radius 1 is 1.50 bits per heavy atom. The number of fused-ring (bicyclic) bond motifs is 1. The molecule has 0 saturated carbocycles. The van der Waals surface area contributed by atoms with Crippen molar-refractivity contribution in [2.75, 3.05) is 7.11 Å². The lowest BCUT2D eigenvalue weighted by Gasteiger charge is -1.96. The molecule has 0 aliphatic carbocycles. The molecule has 0 saturated heterocycles. The molecule has 14 heavy (non-hydrogen) atoms. The molecule has 4 heteroatoms. The van der Waals surface area contributed by atoms with Crippen LogP contribution in [-0.2, 0) is 11.2 Å². The molecule has 1 heterocycles. The van der Waals surface area contributed by atoms with Crippen LogP contribution >= 0.6 is 0 Å². The summed E-state index contributed by atoms with van der Waals surface area (Å²) in [6.45, 7) is 0. The smallest absolute Gasteiger partial charge is 0.204 e. The molecule has 2 aromatic rings. The molecule has 72 valence electrons. The molecule has 0 spiro atoms. The summed E-state index contributed by atoms with van der Waals surface area (Å²) < 4.78 is 10.1. The lowest BCUT2D eigenvalue weighted by atomic mass is 10.3. The van der Waals surface area contributed by atoms with Crippen molar-refractivity contribution in [2.45, 2.75) is 6.42 Å². The Balaban J connectivity index is 2.31. The number of rotatable bonds is 2. The van der Waals surface area contributed by atoms with Gasteiger partial charge in [0.25, 0.3) is 0 Å². The first-order chi connectivity index (χ1) is 6.79. The highest BCUT2D eigenvalue weighted by Gasteiger charge is 2.07. The van der Waals surface area contributed by atoms with Gasteiger partial charge < -0.3 is 9.15 Å². The van der Waals surface area contributed by atoms with E-state index in [0.717, 1.165) is 11.1 Å². The Morgan fingerprint density at radius 3 is 3.00 bits per heavy atom. The van der Waals surface area contributed by atoms with Crippen LogP contribution in [0.25, 0.3) is 11.1 Å². The molecule has 0 unspecified atom stereocenters. The van der Waals surface area contributed by atoms with E-state index in [0.29, 0.717) is 12.3 Å². The van der Waals surface area contributed by atoms with Crippen LogP contribution in [0.15, 0.2) is 28.7 Å². The van der Waals surface area contributed by atoms with Gasteiger partial charge in [0.2, 0.25) is 5.89 Å². The van der Waals surface area contributed by atoms with E-state index < -0.39 is 0 Å². The maximum absolute atomic E-state index is 7.33. The molecule has 0 aliphatic rings. The number of oxazole rings is 1. The summed E-state index contributed by atoms with van der Waals surface area (Å²) in [5.74, 6) is 0.662. The largest absolute Gasteiger partial charge is 0.484 e. The van der Waals surface area contributed by atoms with Crippen LogP contribution in [0, 0.1) is 5.41 Å². The zero-order valence-electron chi connectivity index (χ0n) is 7.78. The summed E-state index contributed by atoms with van der Waals surface area (Å²) in [7, 11) is 1.46. The first-order valence-corrected chi connectivity index (χ1v) is 4.25. The number of nitrogens with one attached hydrogen (secondary N) is 1. The van der Waals surface area contributed by atoms with Crippen LogP contribution in [0.1, 0.15) is 5.89 Å². The number of para-hydroxylation sites is 2. The topological polar surface area (TPSA) is 59.1 Å². The predicted molar refractivity (Wildman–Crippen MR) is 52.4 cm³/mol. The fraction of sp³-hybridized carbons (Fsp3) is 0.200. The molecular weight excluding hydrogens is 180 g/mol. The predicted octanol–water partition coefficient (Wildman–Crippen LogP) is 1.99. The van der Waals surface area contributed by atoms with E-state index in [9.17, 15) is 0 Å². The van der Waals surface area contributed by atoms with Crippen molar-refractivity contribution in [2.24, 2.45) is 0 Å². The average Bonchev–Trinajstić information content (AvgIpc) is 2.59. The van der Waals surface area contributed by atoms with Gasteiger partial charge in [0.05, 0.1) is 13.5 Å². The van der Waals surface area contributed by atoms with Gasteiger partial charge in [-0.3, -0.25) is 5.41 Å². The van der Waals surface area contributed by atoms with Gasteiger partial charge in [0.1, 0.15) is 5.52 Å². The standard InChI is InChI=1S/C10H10N2O2/c1-13-9(11)6-10-12-7-4-2-3-5-8(7)14-10/h2-5,11H,6H2,1H3. The minimum atomic E-state index is 0.150. The Bertz CT molecular complexity index is 429. The molecule has 1 N–H and O–H groups in total. The molecule has 0 aliphatic heterocycles. The van der Waals surface area contributed by atoms with E-state index >= 15 is 0 Å². The van der Waals surface area contributed by atoms with Gasteiger partial charge in [-0.1, -0.05) is 12.1 Å². The molecule has 0 bridgehead atoms. The maximum Gasteiger partial charge on any atom is 0.204 e. The van der Waals surface area contributed by atoms with Crippen LogP contribution in [0.3, 0.4) is 0 Å². The van der Waals surface area contributed by atoms with Crippen molar-refractivity contribution in [3.8, 4) is 0 Å². The second-order valence-corrected chi connectivity index (χ2v) is 2.88. The number of nitrogens with zero attached hydrogens (tertiary/aromatic N) is 1. The van der Waals surface area contributed by atoms with Gasteiger partial charge >= 0.3 is 0 Å². The number of methoxy groups -OCH3 is 1. The van der Waals surface area contributed by atoms with Crippen LogP contribution in [0.2, 0.25) is 0 Å². The minimum Gasteiger partial charge on any atom is -0.484 e. The first kappa shape index (κ1) is 8.74. The minimum absolute atomic E-state index is 0.150. The van der Waals surface area contributed by atoms with Crippen LogP contribution in [-0.4, -0.2) is 18.0 Å². The summed E-state index contributed by atoms with van der Waals surface area (Å²) in [6, 6.07) is 7.51. The molecule has 1 aromatic heterocycles. The average molecular weight is 190 g/mol. The molecule has 0 fully saturated rings. The van der Waals surface area contributed by atoms with E-state index in [1.807, 2.05) is 24.3 Å². The third-order valence-electron chi connectivity index (χ3n) is 1.90. The van der Waals surface area contributed by atoms with Crippen molar-refractivity contribution < 1.29 is 9.15 Å². The third-order valence-corrected chi connectivity index (χ3v) is 1.90. The lowest BCUT2D eigenvalue weighted by molar-refractivity contribution is 0.383.